The quantitative estimate of drug-likeness (QED) is 0.725. The van der Waals surface area contributed by atoms with Crippen LogP contribution in [-0.2, 0) is 12.8 Å². The number of aryl methyl sites for hydroxylation is 2. The van der Waals surface area contributed by atoms with Gasteiger partial charge in [-0.15, -0.1) is 0 Å². The van der Waals surface area contributed by atoms with Gasteiger partial charge in [0.1, 0.15) is 0 Å². The van der Waals surface area contributed by atoms with Crippen molar-refractivity contribution < 1.29 is 0 Å². The summed E-state index contributed by atoms with van der Waals surface area (Å²) in [7, 11) is 2.03. The standard InChI is InChI=1S/C17H29N/c1-5-6-7-15-8-10-16(11-9-15)12-13-17(2,3)14-18-4/h8-11,18H,5-7,12-14H2,1-4H3. The van der Waals surface area contributed by atoms with Crippen LogP contribution in [0.15, 0.2) is 24.3 Å². The molecule has 1 aromatic carbocycles. The average molecular weight is 247 g/mol. The van der Waals surface area contributed by atoms with Gasteiger partial charge in [0.15, 0.2) is 0 Å². The highest BCUT2D eigenvalue weighted by atomic mass is 14.8. The molecule has 0 aliphatic carbocycles. The first kappa shape index (κ1) is 15.2. The lowest BCUT2D eigenvalue weighted by Crippen LogP contribution is -2.27. The molecule has 0 aromatic heterocycles. The van der Waals surface area contributed by atoms with Gasteiger partial charge in [0.05, 0.1) is 0 Å². The number of nitrogens with one attached hydrogen (secondary N) is 1. The van der Waals surface area contributed by atoms with Crippen LogP contribution in [0, 0.1) is 5.41 Å². The van der Waals surface area contributed by atoms with Gasteiger partial charge in [-0.05, 0) is 55.8 Å². The zero-order valence-electron chi connectivity index (χ0n) is 12.6. The maximum atomic E-state index is 3.28. The molecule has 0 saturated carbocycles. The minimum Gasteiger partial charge on any atom is -0.319 e. The van der Waals surface area contributed by atoms with Crippen molar-refractivity contribution in [3.8, 4) is 0 Å². The predicted molar refractivity (Wildman–Crippen MR) is 81.1 cm³/mol. The Morgan fingerprint density at radius 1 is 1.00 bits per heavy atom. The number of hydrogen-bond donors (Lipinski definition) is 1. The number of hydrogen-bond acceptors (Lipinski definition) is 1. The van der Waals surface area contributed by atoms with Crippen LogP contribution in [0.3, 0.4) is 0 Å². The lowest BCUT2D eigenvalue weighted by atomic mass is 9.86. The van der Waals surface area contributed by atoms with Gasteiger partial charge in [-0.2, -0.15) is 0 Å². The normalized spacial score (nSPS) is 11.8. The van der Waals surface area contributed by atoms with Gasteiger partial charge >= 0.3 is 0 Å². The molecule has 0 aliphatic rings. The topological polar surface area (TPSA) is 12.0 Å². The van der Waals surface area contributed by atoms with E-state index >= 15 is 0 Å². The molecule has 0 heterocycles. The van der Waals surface area contributed by atoms with Crippen LogP contribution < -0.4 is 5.32 Å². The van der Waals surface area contributed by atoms with E-state index in [4.69, 9.17) is 0 Å². The molecule has 1 nitrogen and oxygen atoms in total. The molecule has 0 radical (unpaired) electrons. The van der Waals surface area contributed by atoms with Crippen molar-refractivity contribution in [2.75, 3.05) is 13.6 Å². The van der Waals surface area contributed by atoms with Gasteiger partial charge in [-0.25, -0.2) is 0 Å². The Bertz CT molecular complexity index is 324. The van der Waals surface area contributed by atoms with Gasteiger partial charge in [0.25, 0.3) is 0 Å². The molecule has 0 bridgehead atoms. The van der Waals surface area contributed by atoms with Crippen molar-refractivity contribution in [1.82, 2.24) is 5.32 Å². The summed E-state index contributed by atoms with van der Waals surface area (Å²) in [6.45, 7) is 8.00. The third kappa shape index (κ3) is 5.68. The van der Waals surface area contributed by atoms with E-state index in [0.29, 0.717) is 5.41 Å². The minimum atomic E-state index is 0.385. The van der Waals surface area contributed by atoms with E-state index in [-0.39, 0.29) is 0 Å². The lowest BCUT2D eigenvalue weighted by molar-refractivity contribution is 0.324. The number of unbranched alkanes of at least 4 members (excludes halogenated alkanes) is 1. The van der Waals surface area contributed by atoms with E-state index < -0.39 is 0 Å². The van der Waals surface area contributed by atoms with Crippen molar-refractivity contribution >= 4 is 0 Å². The first-order valence-electron chi connectivity index (χ1n) is 7.30. The summed E-state index contributed by atoms with van der Waals surface area (Å²) < 4.78 is 0. The fourth-order valence-electron chi connectivity index (χ4n) is 2.30. The zero-order chi connectivity index (χ0) is 13.4. The van der Waals surface area contributed by atoms with E-state index in [9.17, 15) is 0 Å². The SMILES string of the molecule is CCCCc1ccc(CCC(C)(C)CNC)cc1. The smallest absolute Gasteiger partial charge is 0.0000373 e. The van der Waals surface area contributed by atoms with Gasteiger partial charge in [-0.3, -0.25) is 0 Å². The Labute approximate surface area is 113 Å². The summed E-state index contributed by atoms with van der Waals surface area (Å²) in [5.74, 6) is 0. The fourth-order valence-corrected chi connectivity index (χ4v) is 2.30. The highest BCUT2D eigenvalue weighted by molar-refractivity contribution is 5.22. The largest absolute Gasteiger partial charge is 0.319 e. The second kappa shape index (κ2) is 7.58. The summed E-state index contributed by atoms with van der Waals surface area (Å²) in [5, 5.41) is 3.28. The summed E-state index contributed by atoms with van der Waals surface area (Å²) in [5.41, 5.74) is 3.34. The second-order valence-electron chi connectivity index (χ2n) is 6.11. The highest BCUT2D eigenvalue weighted by Crippen LogP contribution is 2.22. The Hall–Kier alpha value is -0.820. The molecule has 0 amide bonds. The summed E-state index contributed by atoms with van der Waals surface area (Å²) in [6.07, 6.45) is 6.22. The van der Waals surface area contributed by atoms with Crippen molar-refractivity contribution in [3.05, 3.63) is 35.4 Å². The van der Waals surface area contributed by atoms with E-state index in [1.165, 1.54) is 43.2 Å². The fraction of sp³-hybridized carbons (Fsp3) is 0.647. The number of rotatable bonds is 8. The van der Waals surface area contributed by atoms with Crippen molar-refractivity contribution in [2.24, 2.45) is 5.41 Å². The first-order valence-corrected chi connectivity index (χ1v) is 7.30. The van der Waals surface area contributed by atoms with Crippen LogP contribution >= 0.6 is 0 Å². The average Bonchev–Trinajstić information content (AvgIpc) is 2.35. The molecular weight excluding hydrogens is 218 g/mol. The molecule has 1 aromatic rings. The Morgan fingerprint density at radius 2 is 1.56 bits per heavy atom. The molecule has 1 rings (SSSR count). The van der Waals surface area contributed by atoms with E-state index in [0.717, 1.165) is 6.54 Å². The van der Waals surface area contributed by atoms with Crippen molar-refractivity contribution in [1.29, 1.82) is 0 Å². The molecule has 102 valence electrons. The predicted octanol–water partition coefficient (Wildman–Crippen LogP) is 4.21. The molecule has 18 heavy (non-hydrogen) atoms. The molecule has 0 unspecified atom stereocenters. The summed E-state index contributed by atoms with van der Waals surface area (Å²) in [6, 6.07) is 9.22. The summed E-state index contributed by atoms with van der Waals surface area (Å²) in [4.78, 5) is 0. The van der Waals surface area contributed by atoms with Gasteiger partial charge in [0.2, 0.25) is 0 Å². The van der Waals surface area contributed by atoms with Crippen LogP contribution in [0.1, 0.15) is 51.2 Å². The van der Waals surface area contributed by atoms with Crippen molar-refractivity contribution in [3.63, 3.8) is 0 Å². The molecular formula is C17H29N. The third-order valence-electron chi connectivity index (χ3n) is 3.59. The minimum absolute atomic E-state index is 0.385. The lowest BCUT2D eigenvalue weighted by Gasteiger charge is -2.24. The van der Waals surface area contributed by atoms with Gasteiger partial charge in [0, 0.05) is 0 Å². The summed E-state index contributed by atoms with van der Waals surface area (Å²) >= 11 is 0. The van der Waals surface area contributed by atoms with Crippen molar-refractivity contribution in [2.45, 2.75) is 52.9 Å². The molecule has 0 atom stereocenters. The Kier molecular flexibility index (Phi) is 6.42. The molecule has 0 spiro atoms. The van der Waals surface area contributed by atoms with Crippen LogP contribution in [0.2, 0.25) is 0 Å². The van der Waals surface area contributed by atoms with Crippen LogP contribution in [0.25, 0.3) is 0 Å². The molecule has 1 heteroatoms. The van der Waals surface area contributed by atoms with Gasteiger partial charge < -0.3 is 5.32 Å². The van der Waals surface area contributed by atoms with Crippen LogP contribution in [-0.4, -0.2) is 13.6 Å². The first-order chi connectivity index (χ1) is 8.57. The molecule has 0 saturated heterocycles. The van der Waals surface area contributed by atoms with E-state index in [1.807, 2.05) is 7.05 Å². The third-order valence-corrected chi connectivity index (χ3v) is 3.59. The van der Waals surface area contributed by atoms with Crippen LogP contribution in [0.5, 0.6) is 0 Å². The van der Waals surface area contributed by atoms with Crippen LogP contribution in [0.4, 0.5) is 0 Å². The maximum Gasteiger partial charge on any atom is -0.0000373 e. The Balaban J connectivity index is 2.43. The molecule has 0 aliphatic heterocycles. The van der Waals surface area contributed by atoms with Gasteiger partial charge in [-0.1, -0.05) is 51.5 Å². The maximum absolute atomic E-state index is 3.28. The molecule has 1 N–H and O–H groups in total. The van der Waals surface area contributed by atoms with E-state index in [1.54, 1.807) is 0 Å². The monoisotopic (exact) mass is 247 g/mol. The molecule has 0 fully saturated rings. The number of benzene rings is 1. The second-order valence-corrected chi connectivity index (χ2v) is 6.11. The Morgan fingerprint density at radius 3 is 2.06 bits per heavy atom. The van der Waals surface area contributed by atoms with E-state index in [2.05, 4.69) is 50.4 Å². The highest BCUT2D eigenvalue weighted by Gasteiger charge is 2.16. The zero-order valence-corrected chi connectivity index (χ0v) is 12.6.